The van der Waals surface area contributed by atoms with E-state index in [4.69, 9.17) is 4.52 Å². The Morgan fingerprint density at radius 3 is 1.40 bits per heavy atom. The van der Waals surface area contributed by atoms with E-state index in [1.165, 1.54) is 109 Å². The smallest absolute Gasteiger partial charge is 0.320 e. The van der Waals surface area contributed by atoms with E-state index in [1.807, 2.05) is 28.1 Å². The Balaban J connectivity index is 3.41. The fraction of sp³-hybridized carbons (Fsp3) is 0.933. The molecule has 0 aliphatic carbocycles. The van der Waals surface area contributed by atoms with E-state index in [1.54, 1.807) is 0 Å². The maximum atomic E-state index is 12.5. The molecular weight excluding hydrogens is 453 g/mol. The number of allylic oxidation sites excluding steroid dienone is 2. The molecule has 0 heterocycles. The van der Waals surface area contributed by atoms with Gasteiger partial charge in [-0.1, -0.05) is 122 Å². The highest BCUT2D eigenvalue weighted by Gasteiger charge is 2.41. The van der Waals surface area contributed by atoms with Gasteiger partial charge in [0, 0.05) is 6.42 Å². The van der Waals surface area contributed by atoms with Gasteiger partial charge in [-0.25, -0.2) is 0 Å². The third-order valence-electron chi connectivity index (χ3n) is 7.07. The van der Waals surface area contributed by atoms with Crippen LogP contribution in [0.4, 0.5) is 0 Å². The summed E-state index contributed by atoms with van der Waals surface area (Å²) in [5, 5.41) is 0. The third kappa shape index (κ3) is 21.6. The number of hydrogen-bond donors (Lipinski definition) is 1. The lowest BCUT2D eigenvalue weighted by atomic mass is 10.0. The summed E-state index contributed by atoms with van der Waals surface area (Å²) >= 11 is 0. The van der Waals surface area contributed by atoms with Gasteiger partial charge in [-0.15, -0.1) is 0 Å². The average Bonchev–Trinajstić information content (AvgIpc) is 2.78. The zero-order valence-corrected chi connectivity index (χ0v) is 25.3. The fourth-order valence-corrected chi connectivity index (χ4v) is 6.81. The van der Waals surface area contributed by atoms with Gasteiger partial charge in [0.1, 0.15) is 0 Å². The fourth-order valence-electron chi connectivity index (χ4n) is 4.91. The van der Waals surface area contributed by atoms with Crippen molar-refractivity contribution in [1.29, 1.82) is 0 Å². The van der Waals surface area contributed by atoms with Crippen LogP contribution in [0.3, 0.4) is 0 Å². The summed E-state index contributed by atoms with van der Waals surface area (Å²) in [4.78, 5) is 10.3. The van der Waals surface area contributed by atoms with Crippen LogP contribution in [0, 0.1) is 0 Å². The maximum Gasteiger partial charge on any atom is 0.385 e. The summed E-state index contributed by atoms with van der Waals surface area (Å²) in [7, 11) is 2.28. The summed E-state index contributed by atoms with van der Waals surface area (Å²) < 4.78 is 18.4. The van der Waals surface area contributed by atoms with E-state index in [9.17, 15) is 9.46 Å². The monoisotopic (exact) mass is 516 g/mol. The third-order valence-corrected chi connectivity index (χ3v) is 9.43. The highest BCUT2D eigenvalue weighted by atomic mass is 31.2. The minimum Gasteiger partial charge on any atom is -0.320 e. The average molecular weight is 517 g/mol. The standard InChI is InChI=1S/C30H62NO3P/c1-6-8-9-10-11-12-13-14-15-16-17-18-19-20-21-22-23-24-25-26-27-28-29-34-35(32,33)30(7-2)31(3,4)5/h24-25,30H,6-23,26-29H2,1-5H3/p+1. The van der Waals surface area contributed by atoms with Gasteiger partial charge in [0.25, 0.3) is 0 Å². The Labute approximate surface area is 220 Å². The number of unbranched alkanes of at least 4 members (excludes halogenated alkanes) is 18. The number of quaternary nitrogens is 1. The first kappa shape index (κ1) is 34.9. The molecule has 0 radical (unpaired) electrons. The second-order valence-electron chi connectivity index (χ2n) is 11.5. The normalized spacial score (nSPS) is 15.0. The molecule has 1 N–H and O–H groups in total. The van der Waals surface area contributed by atoms with Crippen LogP contribution in [0.15, 0.2) is 12.2 Å². The Morgan fingerprint density at radius 2 is 1.03 bits per heavy atom. The van der Waals surface area contributed by atoms with Crippen LogP contribution >= 0.6 is 7.60 Å². The van der Waals surface area contributed by atoms with Crippen LogP contribution in [0.5, 0.6) is 0 Å². The van der Waals surface area contributed by atoms with E-state index in [2.05, 4.69) is 19.1 Å². The molecule has 0 aliphatic rings. The summed E-state index contributed by atoms with van der Waals surface area (Å²) in [5.74, 6) is -0.359. The molecule has 0 bridgehead atoms. The molecule has 0 spiro atoms. The van der Waals surface area contributed by atoms with Crippen LogP contribution in [-0.2, 0) is 9.09 Å². The van der Waals surface area contributed by atoms with Crippen molar-refractivity contribution in [3.05, 3.63) is 12.2 Å². The molecular formula is C30H63NO3P+. The molecule has 2 atom stereocenters. The van der Waals surface area contributed by atoms with Crippen molar-refractivity contribution in [2.24, 2.45) is 0 Å². The second kappa shape index (κ2) is 23.0. The van der Waals surface area contributed by atoms with Crippen LogP contribution in [0.25, 0.3) is 0 Å². The van der Waals surface area contributed by atoms with Crippen molar-refractivity contribution in [3.63, 3.8) is 0 Å². The van der Waals surface area contributed by atoms with E-state index in [0.717, 1.165) is 19.3 Å². The van der Waals surface area contributed by atoms with Crippen molar-refractivity contribution < 1.29 is 18.5 Å². The summed E-state index contributed by atoms with van der Waals surface area (Å²) in [6.07, 6.45) is 31.9. The largest absolute Gasteiger partial charge is 0.385 e. The zero-order chi connectivity index (χ0) is 26.3. The predicted octanol–water partition coefficient (Wildman–Crippen LogP) is 10.0. The van der Waals surface area contributed by atoms with Gasteiger partial charge in [-0.3, -0.25) is 4.57 Å². The van der Waals surface area contributed by atoms with Gasteiger partial charge >= 0.3 is 7.60 Å². The van der Waals surface area contributed by atoms with E-state index in [-0.39, 0.29) is 5.78 Å². The molecule has 0 saturated heterocycles. The van der Waals surface area contributed by atoms with Gasteiger partial charge in [0.15, 0.2) is 5.78 Å². The lowest BCUT2D eigenvalue weighted by molar-refractivity contribution is -0.883. The number of rotatable bonds is 26. The molecule has 0 amide bonds. The molecule has 0 fully saturated rings. The van der Waals surface area contributed by atoms with Crippen molar-refractivity contribution in [2.45, 2.75) is 154 Å². The Hall–Kier alpha value is -0.150. The summed E-state index contributed by atoms with van der Waals surface area (Å²) in [6.45, 7) is 4.61. The molecule has 0 aliphatic heterocycles. The van der Waals surface area contributed by atoms with Crippen LogP contribution in [0.2, 0.25) is 0 Å². The number of hydrogen-bond acceptors (Lipinski definition) is 2. The molecule has 4 nitrogen and oxygen atoms in total. The van der Waals surface area contributed by atoms with Crippen molar-refractivity contribution in [3.8, 4) is 0 Å². The van der Waals surface area contributed by atoms with Crippen LogP contribution < -0.4 is 0 Å². The number of nitrogens with zero attached hydrogens (tertiary/aromatic N) is 1. The van der Waals surface area contributed by atoms with Gasteiger partial charge in [0.2, 0.25) is 0 Å². The molecule has 0 aromatic heterocycles. The minimum atomic E-state index is -3.57. The first-order valence-corrected chi connectivity index (χ1v) is 16.8. The van der Waals surface area contributed by atoms with E-state index < -0.39 is 7.60 Å². The molecule has 0 aromatic rings. The lowest BCUT2D eigenvalue weighted by Gasteiger charge is -2.35. The van der Waals surface area contributed by atoms with Gasteiger partial charge in [-0.05, 0) is 32.1 Å². The Morgan fingerprint density at radius 1 is 0.657 bits per heavy atom. The van der Waals surface area contributed by atoms with Crippen molar-refractivity contribution in [1.82, 2.24) is 0 Å². The summed E-state index contributed by atoms with van der Waals surface area (Å²) in [5.41, 5.74) is 0. The van der Waals surface area contributed by atoms with Crippen LogP contribution in [0.1, 0.15) is 149 Å². The zero-order valence-electron chi connectivity index (χ0n) is 24.4. The molecule has 0 aromatic carbocycles. The molecule has 0 saturated carbocycles. The SMILES string of the molecule is CCCCCCCCCCCCCCCCCCC=CCCCCOP(=O)(O)C(CC)[N+](C)(C)C. The minimum absolute atomic E-state index is 0.359. The van der Waals surface area contributed by atoms with Gasteiger partial charge in [-0.2, -0.15) is 0 Å². The second-order valence-corrected chi connectivity index (χ2v) is 13.4. The Bertz CT molecular complexity index is 530. The highest BCUT2D eigenvalue weighted by Crippen LogP contribution is 2.51. The molecule has 5 heteroatoms. The molecule has 2 unspecified atom stereocenters. The molecule has 0 rings (SSSR count). The highest BCUT2D eigenvalue weighted by molar-refractivity contribution is 7.53. The first-order valence-electron chi connectivity index (χ1n) is 15.2. The van der Waals surface area contributed by atoms with Gasteiger partial charge in [0.05, 0.1) is 27.7 Å². The molecule has 35 heavy (non-hydrogen) atoms. The summed E-state index contributed by atoms with van der Waals surface area (Å²) in [6, 6.07) is 0. The quantitative estimate of drug-likeness (QED) is 0.0538. The Kier molecular flexibility index (Phi) is 22.9. The van der Waals surface area contributed by atoms with Crippen molar-refractivity contribution in [2.75, 3.05) is 27.7 Å². The first-order chi connectivity index (χ1) is 16.8. The topological polar surface area (TPSA) is 46.5 Å². The van der Waals surface area contributed by atoms with Gasteiger partial charge < -0.3 is 13.9 Å². The van der Waals surface area contributed by atoms with Crippen molar-refractivity contribution >= 4 is 7.60 Å². The predicted molar refractivity (Wildman–Crippen MR) is 155 cm³/mol. The molecule has 210 valence electrons. The maximum absolute atomic E-state index is 12.5. The van der Waals surface area contributed by atoms with E-state index in [0.29, 0.717) is 17.5 Å². The van der Waals surface area contributed by atoms with Crippen LogP contribution in [-0.4, -0.2) is 42.9 Å². The van der Waals surface area contributed by atoms with E-state index >= 15 is 0 Å². The lowest BCUT2D eigenvalue weighted by Crippen LogP contribution is -2.44.